The van der Waals surface area contributed by atoms with Gasteiger partial charge in [0, 0.05) is 5.38 Å². The Hall–Kier alpha value is -0.700. The van der Waals surface area contributed by atoms with E-state index in [0.29, 0.717) is 5.69 Å². The summed E-state index contributed by atoms with van der Waals surface area (Å²) in [7, 11) is 0. The molecule has 0 N–H and O–H groups in total. The molecule has 0 aromatic carbocycles. The standard InChI is InChI=1S/C4H3NOS/c6-5-4-1-2-7-3-4/h1-3H. The second-order valence-corrected chi connectivity index (χ2v) is 1.85. The van der Waals surface area contributed by atoms with Crippen LogP contribution in [0.3, 0.4) is 0 Å². The minimum Gasteiger partial charge on any atom is -0.150 e. The molecule has 1 heterocycles. The predicted molar refractivity (Wildman–Crippen MR) is 29.8 cm³/mol. The van der Waals surface area contributed by atoms with Crippen molar-refractivity contribution < 1.29 is 0 Å². The third kappa shape index (κ3) is 0.838. The van der Waals surface area contributed by atoms with E-state index in [0.717, 1.165) is 0 Å². The Balaban J connectivity index is 2.96. The van der Waals surface area contributed by atoms with Crippen molar-refractivity contribution in [1.29, 1.82) is 0 Å². The predicted octanol–water partition coefficient (Wildman–Crippen LogP) is 2.15. The highest BCUT2D eigenvalue weighted by molar-refractivity contribution is 7.08. The molecule has 7 heavy (non-hydrogen) atoms. The topological polar surface area (TPSA) is 29.4 Å². The van der Waals surface area contributed by atoms with Gasteiger partial charge >= 0.3 is 0 Å². The van der Waals surface area contributed by atoms with Gasteiger partial charge in [-0.25, -0.2) is 0 Å². The van der Waals surface area contributed by atoms with E-state index in [1.807, 2.05) is 5.38 Å². The lowest BCUT2D eigenvalue weighted by molar-refractivity contribution is 1.55. The van der Waals surface area contributed by atoms with Crippen LogP contribution in [0.2, 0.25) is 0 Å². The van der Waals surface area contributed by atoms with Gasteiger partial charge in [-0.15, -0.1) is 16.2 Å². The zero-order valence-corrected chi connectivity index (χ0v) is 4.31. The van der Waals surface area contributed by atoms with E-state index in [-0.39, 0.29) is 0 Å². The normalized spacial score (nSPS) is 8.57. The summed E-state index contributed by atoms with van der Waals surface area (Å²) in [6.07, 6.45) is 0. The molecule has 0 fully saturated rings. The first-order chi connectivity index (χ1) is 3.43. The highest BCUT2D eigenvalue weighted by Gasteiger charge is 1.83. The van der Waals surface area contributed by atoms with Crippen molar-refractivity contribution in [2.24, 2.45) is 5.18 Å². The summed E-state index contributed by atoms with van der Waals surface area (Å²) in [4.78, 5) is 9.62. The summed E-state index contributed by atoms with van der Waals surface area (Å²) in [6, 6.07) is 1.68. The molecule has 0 bridgehead atoms. The molecule has 0 saturated heterocycles. The van der Waals surface area contributed by atoms with Crippen molar-refractivity contribution >= 4 is 17.0 Å². The SMILES string of the molecule is O=Nc1ccsc1. The van der Waals surface area contributed by atoms with E-state index in [1.165, 1.54) is 11.3 Å². The van der Waals surface area contributed by atoms with Crippen molar-refractivity contribution in [2.45, 2.75) is 0 Å². The quantitative estimate of drug-likeness (QED) is 0.513. The van der Waals surface area contributed by atoms with Crippen molar-refractivity contribution in [3.05, 3.63) is 21.7 Å². The maximum Gasteiger partial charge on any atom is 0.118 e. The van der Waals surface area contributed by atoms with Crippen LogP contribution in [0.5, 0.6) is 0 Å². The third-order valence-electron chi connectivity index (χ3n) is 0.612. The lowest BCUT2D eigenvalue weighted by Crippen LogP contribution is -1.39. The Labute approximate surface area is 44.8 Å². The molecule has 0 spiro atoms. The molecule has 0 amide bonds. The number of nitroso groups, excluding NO2 is 1. The maximum absolute atomic E-state index is 9.62. The zero-order valence-electron chi connectivity index (χ0n) is 3.50. The number of thiophene rings is 1. The molecule has 1 aromatic heterocycles. The first kappa shape index (κ1) is 4.46. The van der Waals surface area contributed by atoms with Crippen molar-refractivity contribution in [3.63, 3.8) is 0 Å². The number of nitrogens with zero attached hydrogens (tertiary/aromatic N) is 1. The molecule has 0 aliphatic heterocycles. The van der Waals surface area contributed by atoms with Crippen LogP contribution in [0.1, 0.15) is 0 Å². The smallest absolute Gasteiger partial charge is 0.118 e. The molecule has 1 aromatic rings. The lowest BCUT2D eigenvalue weighted by Gasteiger charge is -1.64. The van der Waals surface area contributed by atoms with Gasteiger partial charge in [-0.3, -0.25) is 0 Å². The van der Waals surface area contributed by atoms with Crippen LogP contribution < -0.4 is 0 Å². The van der Waals surface area contributed by atoms with Crippen LogP contribution in [-0.2, 0) is 0 Å². The molecule has 0 radical (unpaired) electrons. The Morgan fingerprint density at radius 1 is 1.71 bits per heavy atom. The van der Waals surface area contributed by atoms with Gasteiger partial charge in [0.05, 0.1) is 0 Å². The summed E-state index contributed by atoms with van der Waals surface area (Å²) < 4.78 is 0. The average molecular weight is 113 g/mol. The fourth-order valence-corrected chi connectivity index (χ4v) is 0.867. The first-order valence-electron chi connectivity index (χ1n) is 1.79. The number of hydrogen-bond acceptors (Lipinski definition) is 3. The molecule has 0 aliphatic rings. The van der Waals surface area contributed by atoms with E-state index in [1.54, 1.807) is 11.4 Å². The molecule has 3 heteroatoms. The van der Waals surface area contributed by atoms with Crippen LogP contribution in [0.15, 0.2) is 22.0 Å². The summed E-state index contributed by atoms with van der Waals surface area (Å²) >= 11 is 1.47. The summed E-state index contributed by atoms with van der Waals surface area (Å²) in [6.45, 7) is 0. The van der Waals surface area contributed by atoms with Gasteiger partial charge in [-0.2, -0.15) is 0 Å². The molecule has 1 rings (SSSR count). The Morgan fingerprint density at radius 2 is 2.57 bits per heavy atom. The molecular formula is C4H3NOS. The molecule has 0 aliphatic carbocycles. The summed E-state index contributed by atoms with van der Waals surface area (Å²) in [5, 5.41) is 6.21. The van der Waals surface area contributed by atoms with Crippen molar-refractivity contribution in [1.82, 2.24) is 0 Å². The summed E-state index contributed by atoms with van der Waals surface area (Å²) in [5.41, 5.74) is 0.519. The zero-order chi connectivity index (χ0) is 5.11. The van der Waals surface area contributed by atoms with E-state index in [4.69, 9.17) is 0 Å². The lowest BCUT2D eigenvalue weighted by atomic mass is 10.6. The second kappa shape index (κ2) is 1.84. The molecule has 2 nitrogen and oxygen atoms in total. The largest absolute Gasteiger partial charge is 0.150 e. The first-order valence-corrected chi connectivity index (χ1v) is 2.73. The Morgan fingerprint density at radius 3 is 2.86 bits per heavy atom. The highest BCUT2D eigenvalue weighted by atomic mass is 32.1. The van der Waals surface area contributed by atoms with Crippen LogP contribution in [0.25, 0.3) is 0 Å². The highest BCUT2D eigenvalue weighted by Crippen LogP contribution is 2.13. The van der Waals surface area contributed by atoms with Crippen molar-refractivity contribution in [2.75, 3.05) is 0 Å². The van der Waals surface area contributed by atoms with E-state index in [2.05, 4.69) is 5.18 Å². The summed E-state index contributed by atoms with van der Waals surface area (Å²) in [5.74, 6) is 0. The van der Waals surface area contributed by atoms with Crippen molar-refractivity contribution in [3.8, 4) is 0 Å². The average Bonchev–Trinajstić information content (AvgIpc) is 2.14. The third-order valence-corrected chi connectivity index (χ3v) is 1.28. The maximum atomic E-state index is 9.62. The Bertz CT molecular complexity index is 147. The van der Waals surface area contributed by atoms with Crippen LogP contribution in [0, 0.1) is 4.91 Å². The minimum absolute atomic E-state index is 0.519. The van der Waals surface area contributed by atoms with Crippen LogP contribution in [0.4, 0.5) is 5.69 Å². The van der Waals surface area contributed by atoms with Gasteiger partial charge < -0.3 is 0 Å². The molecule has 0 saturated carbocycles. The van der Waals surface area contributed by atoms with Crippen LogP contribution in [-0.4, -0.2) is 0 Å². The minimum atomic E-state index is 0.519. The monoisotopic (exact) mass is 113 g/mol. The molecule has 0 atom stereocenters. The van der Waals surface area contributed by atoms with Gasteiger partial charge in [0.15, 0.2) is 0 Å². The van der Waals surface area contributed by atoms with E-state index in [9.17, 15) is 4.91 Å². The van der Waals surface area contributed by atoms with Gasteiger partial charge in [-0.05, 0) is 16.6 Å². The van der Waals surface area contributed by atoms with Gasteiger partial charge in [0.1, 0.15) is 5.69 Å². The number of rotatable bonds is 1. The Kier molecular flexibility index (Phi) is 1.17. The molecule has 36 valence electrons. The van der Waals surface area contributed by atoms with E-state index < -0.39 is 0 Å². The fraction of sp³-hybridized carbons (Fsp3) is 0. The molecule has 0 unspecified atom stereocenters. The fourth-order valence-electron chi connectivity index (χ4n) is 0.309. The van der Waals surface area contributed by atoms with Gasteiger partial charge in [0.25, 0.3) is 0 Å². The number of hydrogen-bond donors (Lipinski definition) is 0. The molecular weight excluding hydrogens is 110 g/mol. The van der Waals surface area contributed by atoms with Gasteiger partial charge in [-0.1, -0.05) is 0 Å². The van der Waals surface area contributed by atoms with Gasteiger partial charge in [0.2, 0.25) is 0 Å². The second-order valence-electron chi connectivity index (χ2n) is 1.07. The van der Waals surface area contributed by atoms with E-state index >= 15 is 0 Å². The van der Waals surface area contributed by atoms with Crippen LogP contribution >= 0.6 is 11.3 Å².